The van der Waals surface area contributed by atoms with Crippen molar-refractivity contribution in [1.82, 2.24) is 10.3 Å². The van der Waals surface area contributed by atoms with Gasteiger partial charge in [-0.05, 0) is 79.5 Å². The lowest BCUT2D eigenvalue weighted by Gasteiger charge is -2.60. The van der Waals surface area contributed by atoms with Crippen molar-refractivity contribution in [2.75, 3.05) is 6.54 Å². The third kappa shape index (κ3) is 1.76. The molecule has 0 aromatic carbocycles. The number of aromatic nitrogens is 1. The summed E-state index contributed by atoms with van der Waals surface area (Å²) >= 11 is 0. The van der Waals surface area contributed by atoms with Crippen LogP contribution >= 0.6 is 0 Å². The van der Waals surface area contributed by atoms with Crippen LogP contribution in [-0.4, -0.2) is 17.6 Å². The molecule has 1 N–H and O–H groups in total. The second-order valence-corrected chi connectivity index (χ2v) is 7.07. The van der Waals surface area contributed by atoms with Crippen LogP contribution in [0.2, 0.25) is 0 Å². The van der Waals surface area contributed by atoms with Crippen LogP contribution in [0.3, 0.4) is 0 Å². The first-order chi connectivity index (χ1) is 9.31. The molecule has 4 bridgehead atoms. The van der Waals surface area contributed by atoms with E-state index >= 15 is 0 Å². The predicted molar refractivity (Wildman–Crippen MR) is 76.9 cm³/mol. The molecule has 4 aliphatic carbocycles. The van der Waals surface area contributed by atoms with E-state index in [1.807, 2.05) is 12.4 Å². The van der Waals surface area contributed by atoms with Gasteiger partial charge < -0.3 is 5.32 Å². The van der Waals surface area contributed by atoms with E-state index in [9.17, 15) is 0 Å². The van der Waals surface area contributed by atoms with Gasteiger partial charge in [-0.3, -0.25) is 4.98 Å². The Kier molecular flexibility index (Phi) is 2.70. The van der Waals surface area contributed by atoms with Crippen LogP contribution in [0.5, 0.6) is 0 Å². The van der Waals surface area contributed by atoms with Gasteiger partial charge in [0.25, 0.3) is 0 Å². The summed E-state index contributed by atoms with van der Waals surface area (Å²) in [6, 6.07) is 5.35. The Balaban J connectivity index is 1.67. The number of nitrogens with one attached hydrogen (secondary N) is 1. The average molecular weight is 256 g/mol. The zero-order valence-electron chi connectivity index (χ0n) is 11.8. The lowest BCUT2D eigenvalue weighted by Crippen LogP contribution is -2.59. The highest BCUT2D eigenvalue weighted by Gasteiger charge is 2.55. The summed E-state index contributed by atoms with van der Waals surface area (Å²) in [5, 5.41) is 3.78. The van der Waals surface area contributed by atoms with E-state index in [2.05, 4.69) is 29.4 Å². The minimum atomic E-state index is 0.491. The standard InChI is InChI=1S/C17H24N2/c1-2-19-16-13-7-12-8-14(16)11-17(9-12,10-13)15-3-5-18-6-4-15/h3-6,12-14,16,19H,2,7-11H2,1H3. The molecular formula is C17H24N2. The number of hydrogen-bond donors (Lipinski definition) is 1. The molecule has 2 heteroatoms. The molecule has 2 unspecified atom stereocenters. The lowest BCUT2D eigenvalue weighted by atomic mass is 9.46. The van der Waals surface area contributed by atoms with Crippen LogP contribution in [0, 0.1) is 17.8 Å². The molecule has 0 radical (unpaired) electrons. The van der Waals surface area contributed by atoms with E-state index in [4.69, 9.17) is 0 Å². The van der Waals surface area contributed by atoms with Gasteiger partial charge in [-0.15, -0.1) is 0 Å². The summed E-state index contributed by atoms with van der Waals surface area (Å²) in [6.45, 7) is 3.38. The van der Waals surface area contributed by atoms with Gasteiger partial charge in [-0.25, -0.2) is 0 Å². The maximum absolute atomic E-state index is 4.20. The smallest absolute Gasteiger partial charge is 0.0270 e. The zero-order chi connectivity index (χ0) is 12.9. The molecule has 4 fully saturated rings. The van der Waals surface area contributed by atoms with E-state index in [1.165, 1.54) is 32.1 Å². The minimum absolute atomic E-state index is 0.491. The second kappa shape index (κ2) is 4.31. The van der Waals surface area contributed by atoms with Gasteiger partial charge in [-0.1, -0.05) is 6.92 Å². The SMILES string of the molecule is CCNC1C2CC3CC1CC(c1ccncc1)(C3)C2. The number of hydrogen-bond acceptors (Lipinski definition) is 2. The molecule has 4 aliphatic rings. The van der Waals surface area contributed by atoms with Crippen LogP contribution in [0.25, 0.3) is 0 Å². The third-order valence-corrected chi connectivity index (χ3v) is 6.01. The summed E-state index contributed by atoms with van der Waals surface area (Å²) < 4.78 is 0. The van der Waals surface area contributed by atoms with E-state index in [0.717, 1.165) is 30.3 Å². The molecular weight excluding hydrogens is 232 g/mol. The Hall–Kier alpha value is -0.890. The highest BCUT2D eigenvalue weighted by atomic mass is 14.9. The van der Waals surface area contributed by atoms with Crippen LogP contribution < -0.4 is 5.32 Å². The summed E-state index contributed by atoms with van der Waals surface area (Å²) in [7, 11) is 0. The number of nitrogens with zero attached hydrogens (tertiary/aromatic N) is 1. The predicted octanol–water partition coefficient (Wildman–Crippen LogP) is 3.14. The fraction of sp³-hybridized carbons (Fsp3) is 0.706. The normalized spacial score (nSPS) is 43.6. The fourth-order valence-electron chi connectivity index (χ4n) is 5.65. The van der Waals surface area contributed by atoms with Crippen LogP contribution in [0.4, 0.5) is 0 Å². The first-order valence-electron chi connectivity index (χ1n) is 7.94. The van der Waals surface area contributed by atoms with Gasteiger partial charge in [0.2, 0.25) is 0 Å². The molecule has 5 rings (SSSR count). The van der Waals surface area contributed by atoms with Gasteiger partial charge in [0.05, 0.1) is 0 Å². The van der Waals surface area contributed by atoms with Gasteiger partial charge in [0.1, 0.15) is 0 Å². The van der Waals surface area contributed by atoms with Gasteiger partial charge in [-0.2, -0.15) is 0 Å². The Morgan fingerprint density at radius 3 is 2.47 bits per heavy atom. The maximum Gasteiger partial charge on any atom is 0.0270 e. The summed E-state index contributed by atoms with van der Waals surface area (Å²) in [4.78, 5) is 4.20. The largest absolute Gasteiger partial charge is 0.314 e. The monoisotopic (exact) mass is 256 g/mol. The molecule has 4 saturated carbocycles. The molecule has 1 aromatic heterocycles. The molecule has 0 spiro atoms. The van der Waals surface area contributed by atoms with Crippen molar-refractivity contribution in [2.45, 2.75) is 50.5 Å². The van der Waals surface area contributed by atoms with Gasteiger partial charge >= 0.3 is 0 Å². The van der Waals surface area contributed by atoms with Crippen molar-refractivity contribution < 1.29 is 0 Å². The molecule has 102 valence electrons. The summed E-state index contributed by atoms with van der Waals surface area (Å²) in [5.74, 6) is 2.82. The first kappa shape index (κ1) is 11.9. The van der Waals surface area contributed by atoms with Crippen molar-refractivity contribution in [1.29, 1.82) is 0 Å². The lowest BCUT2D eigenvalue weighted by molar-refractivity contribution is -0.0344. The van der Waals surface area contributed by atoms with Gasteiger partial charge in [0, 0.05) is 18.4 Å². The Morgan fingerprint density at radius 2 is 1.84 bits per heavy atom. The molecule has 2 nitrogen and oxygen atoms in total. The molecule has 1 heterocycles. The van der Waals surface area contributed by atoms with Crippen molar-refractivity contribution in [3.05, 3.63) is 30.1 Å². The zero-order valence-corrected chi connectivity index (χ0v) is 11.8. The summed E-state index contributed by atoms with van der Waals surface area (Å²) in [6.07, 6.45) is 11.2. The molecule has 2 atom stereocenters. The van der Waals surface area contributed by atoms with E-state index < -0.39 is 0 Å². The Labute approximate surface area is 116 Å². The van der Waals surface area contributed by atoms with Gasteiger partial charge in [0.15, 0.2) is 0 Å². The van der Waals surface area contributed by atoms with E-state index in [-0.39, 0.29) is 0 Å². The molecule has 1 aromatic rings. The first-order valence-corrected chi connectivity index (χ1v) is 7.94. The maximum atomic E-state index is 4.20. The molecule has 0 aliphatic heterocycles. The third-order valence-electron chi connectivity index (χ3n) is 6.01. The summed E-state index contributed by atoms with van der Waals surface area (Å²) in [5.41, 5.74) is 2.06. The fourth-order valence-corrected chi connectivity index (χ4v) is 5.65. The highest BCUT2D eigenvalue weighted by Crippen LogP contribution is 2.60. The van der Waals surface area contributed by atoms with E-state index in [1.54, 1.807) is 5.56 Å². The van der Waals surface area contributed by atoms with Crippen molar-refractivity contribution in [3.8, 4) is 0 Å². The van der Waals surface area contributed by atoms with E-state index in [0.29, 0.717) is 5.41 Å². The Morgan fingerprint density at radius 1 is 1.16 bits per heavy atom. The minimum Gasteiger partial charge on any atom is -0.314 e. The van der Waals surface area contributed by atoms with Crippen molar-refractivity contribution in [2.24, 2.45) is 17.8 Å². The van der Waals surface area contributed by atoms with Crippen molar-refractivity contribution in [3.63, 3.8) is 0 Å². The quantitative estimate of drug-likeness (QED) is 0.898. The van der Waals surface area contributed by atoms with Crippen LogP contribution in [0.15, 0.2) is 24.5 Å². The van der Waals surface area contributed by atoms with Crippen LogP contribution in [-0.2, 0) is 5.41 Å². The molecule has 0 saturated heterocycles. The number of rotatable bonds is 3. The highest BCUT2D eigenvalue weighted by molar-refractivity contribution is 5.28. The average Bonchev–Trinajstić information content (AvgIpc) is 2.43. The Bertz CT molecular complexity index is 440. The topological polar surface area (TPSA) is 24.9 Å². The molecule has 0 amide bonds. The second-order valence-electron chi connectivity index (χ2n) is 7.07. The molecule has 19 heavy (non-hydrogen) atoms. The van der Waals surface area contributed by atoms with Crippen molar-refractivity contribution >= 4 is 0 Å². The van der Waals surface area contributed by atoms with Crippen LogP contribution in [0.1, 0.15) is 44.6 Å². The number of pyridine rings is 1.